The monoisotopic (exact) mass is 248 g/mol. The van der Waals surface area contributed by atoms with Crippen molar-refractivity contribution in [1.29, 1.82) is 5.26 Å². The largest absolute Gasteiger partial charge is 0.378 e. The minimum atomic E-state index is -0.590. The molecule has 1 amide bonds. The highest BCUT2D eigenvalue weighted by Gasteiger charge is 2.30. The lowest BCUT2D eigenvalue weighted by molar-refractivity contribution is -0.121. The van der Waals surface area contributed by atoms with Gasteiger partial charge in [0.25, 0.3) is 0 Å². The predicted molar refractivity (Wildman–Crippen MR) is 63.3 cm³/mol. The first kappa shape index (κ1) is 12.5. The summed E-state index contributed by atoms with van der Waals surface area (Å²) >= 11 is 0. The van der Waals surface area contributed by atoms with Crippen LogP contribution in [0.25, 0.3) is 0 Å². The Morgan fingerprint density at radius 2 is 2.39 bits per heavy atom. The minimum Gasteiger partial charge on any atom is -0.378 e. The maximum atomic E-state index is 13.1. The van der Waals surface area contributed by atoms with Crippen molar-refractivity contribution in [3.63, 3.8) is 0 Å². The number of nitrogens with zero attached hydrogens (tertiary/aromatic N) is 1. The molecule has 0 bridgehead atoms. The molecule has 2 rings (SSSR count). The van der Waals surface area contributed by atoms with Gasteiger partial charge in [0.15, 0.2) is 0 Å². The highest BCUT2D eigenvalue weighted by molar-refractivity contribution is 5.93. The van der Waals surface area contributed by atoms with Crippen molar-refractivity contribution in [2.24, 2.45) is 5.92 Å². The second-order valence-electron chi connectivity index (χ2n) is 4.27. The van der Waals surface area contributed by atoms with Crippen molar-refractivity contribution in [3.8, 4) is 6.07 Å². The first-order valence-electron chi connectivity index (χ1n) is 5.74. The van der Waals surface area contributed by atoms with Gasteiger partial charge in [-0.2, -0.15) is 5.26 Å². The van der Waals surface area contributed by atoms with E-state index in [-0.39, 0.29) is 23.5 Å². The van der Waals surface area contributed by atoms with Crippen molar-refractivity contribution in [1.82, 2.24) is 0 Å². The SMILES string of the molecule is CC1OCCC1C(=O)Nc1ccc(F)c(C#N)c1. The number of rotatable bonds is 2. The van der Waals surface area contributed by atoms with E-state index in [0.29, 0.717) is 18.7 Å². The zero-order chi connectivity index (χ0) is 13.1. The average molecular weight is 248 g/mol. The van der Waals surface area contributed by atoms with Crippen LogP contribution in [0.1, 0.15) is 18.9 Å². The summed E-state index contributed by atoms with van der Waals surface area (Å²) in [4.78, 5) is 11.9. The molecule has 5 heteroatoms. The molecule has 1 saturated heterocycles. The third kappa shape index (κ3) is 2.49. The van der Waals surface area contributed by atoms with Crippen LogP contribution in [0.4, 0.5) is 10.1 Å². The van der Waals surface area contributed by atoms with Gasteiger partial charge in [-0.15, -0.1) is 0 Å². The van der Waals surface area contributed by atoms with E-state index in [0.717, 1.165) is 0 Å². The van der Waals surface area contributed by atoms with Gasteiger partial charge in [0.05, 0.1) is 17.6 Å². The maximum Gasteiger partial charge on any atom is 0.230 e. The molecule has 1 fully saturated rings. The highest BCUT2D eigenvalue weighted by Crippen LogP contribution is 2.22. The van der Waals surface area contributed by atoms with E-state index in [4.69, 9.17) is 10.00 Å². The topological polar surface area (TPSA) is 62.1 Å². The summed E-state index contributed by atoms with van der Waals surface area (Å²) in [6.45, 7) is 2.43. The molecule has 0 aromatic heterocycles. The van der Waals surface area contributed by atoms with Crippen LogP contribution in [0.15, 0.2) is 18.2 Å². The van der Waals surface area contributed by atoms with E-state index < -0.39 is 5.82 Å². The zero-order valence-electron chi connectivity index (χ0n) is 9.94. The lowest BCUT2D eigenvalue weighted by atomic mass is 10.0. The Kier molecular flexibility index (Phi) is 3.58. The molecule has 18 heavy (non-hydrogen) atoms. The van der Waals surface area contributed by atoms with Crippen LogP contribution in [0.3, 0.4) is 0 Å². The number of anilines is 1. The number of halogens is 1. The summed E-state index contributed by atoms with van der Waals surface area (Å²) in [5.74, 6) is -0.941. The molecular formula is C13H13FN2O2. The van der Waals surface area contributed by atoms with Gasteiger partial charge < -0.3 is 10.1 Å². The van der Waals surface area contributed by atoms with Gasteiger partial charge in [-0.05, 0) is 31.5 Å². The second kappa shape index (κ2) is 5.15. The maximum absolute atomic E-state index is 13.1. The molecule has 0 spiro atoms. The van der Waals surface area contributed by atoms with Crippen molar-refractivity contribution < 1.29 is 13.9 Å². The molecular weight excluding hydrogens is 235 g/mol. The molecule has 0 radical (unpaired) electrons. The lowest BCUT2D eigenvalue weighted by Gasteiger charge is -2.14. The summed E-state index contributed by atoms with van der Waals surface area (Å²) in [5.41, 5.74) is 0.348. The second-order valence-corrected chi connectivity index (χ2v) is 4.27. The molecule has 1 aliphatic heterocycles. The Balaban J connectivity index is 2.10. The normalized spacial score (nSPS) is 22.5. The molecule has 94 valence electrons. The van der Waals surface area contributed by atoms with Crippen molar-refractivity contribution in [2.75, 3.05) is 11.9 Å². The van der Waals surface area contributed by atoms with Crippen LogP contribution < -0.4 is 5.32 Å². The first-order chi connectivity index (χ1) is 8.61. The number of nitrogens with one attached hydrogen (secondary N) is 1. The zero-order valence-corrected chi connectivity index (χ0v) is 9.94. The highest BCUT2D eigenvalue weighted by atomic mass is 19.1. The summed E-state index contributed by atoms with van der Waals surface area (Å²) in [6, 6.07) is 5.67. The molecule has 0 saturated carbocycles. The third-order valence-corrected chi connectivity index (χ3v) is 3.07. The Morgan fingerprint density at radius 3 is 3.00 bits per heavy atom. The van der Waals surface area contributed by atoms with Crippen molar-refractivity contribution in [3.05, 3.63) is 29.6 Å². The Hall–Kier alpha value is -1.93. The van der Waals surface area contributed by atoms with Crippen LogP contribution >= 0.6 is 0 Å². The molecule has 1 aromatic carbocycles. The number of hydrogen-bond acceptors (Lipinski definition) is 3. The number of carbonyl (C=O) groups excluding carboxylic acids is 1. The van der Waals surface area contributed by atoms with Gasteiger partial charge in [-0.3, -0.25) is 4.79 Å². The van der Waals surface area contributed by atoms with Gasteiger partial charge >= 0.3 is 0 Å². The van der Waals surface area contributed by atoms with E-state index in [9.17, 15) is 9.18 Å². The van der Waals surface area contributed by atoms with Crippen LogP contribution in [0.5, 0.6) is 0 Å². The molecule has 0 aliphatic carbocycles. The predicted octanol–water partition coefficient (Wildman–Crippen LogP) is 2.06. The fourth-order valence-corrected chi connectivity index (χ4v) is 2.00. The molecule has 1 heterocycles. The molecule has 2 unspecified atom stereocenters. The van der Waals surface area contributed by atoms with Gasteiger partial charge in [0, 0.05) is 12.3 Å². The summed E-state index contributed by atoms with van der Waals surface area (Å²) < 4.78 is 18.4. The quantitative estimate of drug-likeness (QED) is 0.871. The van der Waals surface area contributed by atoms with E-state index in [2.05, 4.69) is 5.32 Å². The summed E-state index contributed by atoms with van der Waals surface area (Å²) in [7, 11) is 0. The van der Waals surface area contributed by atoms with Gasteiger partial charge in [-0.1, -0.05) is 0 Å². The molecule has 2 atom stereocenters. The van der Waals surface area contributed by atoms with E-state index in [1.54, 1.807) is 6.07 Å². The average Bonchev–Trinajstić information content (AvgIpc) is 2.78. The van der Waals surface area contributed by atoms with Gasteiger partial charge in [0.1, 0.15) is 11.9 Å². The smallest absolute Gasteiger partial charge is 0.230 e. The number of benzene rings is 1. The Bertz CT molecular complexity index is 510. The fraction of sp³-hybridized carbons (Fsp3) is 0.385. The Morgan fingerprint density at radius 1 is 1.61 bits per heavy atom. The van der Waals surface area contributed by atoms with Gasteiger partial charge in [0.2, 0.25) is 5.91 Å². The van der Waals surface area contributed by atoms with Crippen molar-refractivity contribution in [2.45, 2.75) is 19.4 Å². The van der Waals surface area contributed by atoms with Gasteiger partial charge in [-0.25, -0.2) is 4.39 Å². The molecule has 1 aliphatic rings. The number of ether oxygens (including phenoxy) is 1. The Labute approximate surface area is 104 Å². The van der Waals surface area contributed by atoms with Crippen LogP contribution in [0, 0.1) is 23.1 Å². The number of nitriles is 1. The molecule has 1 N–H and O–H groups in total. The fourth-order valence-electron chi connectivity index (χ4n) is 2.00. The standard InChI is InChI=1S/C13H13FN2O2/c1-8-11(4-5-18-8)13(17)16-10-2-3-12(14)9(6-10)7-15/h2-3,6,8,11H,4-5H2,1H3,(H,16,17). The first-order valence-corrected chi connectivity index (χ1v) is 5.74. The van der Waals surface area contributed by atoms with E-state index in [1.165, 1.54) is 18.2 Å². The van der Waals surface area contributed by atoms with Crippen LogP contribution in [-0.2, 0) is 9.53 Å². The van der Waals surface area contributed by atoms with Crippen molar-refractivity contribution >= 4 is 11.6 Å². The van der Waals surface area contributed by atoms with E-state index >= 15 is 0 Å². The summed E-state index contributed by atoms with van der Waals surface area (Å²) in [6.07, 6.45) is 0.570. The number of hydrogen-bond donors (Lipinski definition) is 1. The minimum absolute atomic E-state index is 0.0801. The summed E-state index contributed by atoms with van der Waals surface area (Å²) in [5, 5.41) is 11.4. The van der Waals surface area contributed by atoms with Crippen LogP contribution in [0.2, 0.25) is 0 Å². The van der Waals surface area contributed by atoms with Crippen LogP contribution in [-0.4, -0.2) is 18.6 Å². The number of amides is 1. The number of carbonyl (C=O) groups is 1. The molecule has 1 aromatic rings. The lowest BCUT2D eigenvalue weighted by Crippen LogP contribution is -2.27. The third-order valence-electron chi connectivity index (χ3n) is 3.07. The molecule has 4 nitrogen and oxygen atoms in total. The van der Waals surface area contributed by atoms with E-state index in [1.807, 2.05) is 6.92 Å².